The summed E-state index contributed by atoms with van der Waals surface area (Å²) in [7, 11) is 0. The van der Waals surface area contributed by atoms with E-state index >= 15 is 0 Å². The smallest absolute Gasteiger partial charge is 0.306 e. The standard InChI is InChI=1S/C36H66O6/c1-2-3-4-20-27-33(37)28-22-14-10-7-8-12-18-25-32(36(41)42)26-19-16-17-23-30-34(38)29-21-13-9-5-6-11-15-24-31-35(39)40/h13-14,21-22,32-34,37-38H,2-12,15-20,23-31H2,1H3,(H,39,40)(H,41,42)/b21-13-,22-14-/t32?,33?,34-/m0/s1. The van der Waals surface area contributed by atoms with Crippen LogP contribution in [-0.2, 0) is 9.59 Å². The minimum Gasteiger partial charge on any atom is -0.481 e. The average Bonchev–Trinajstić information content (AvgIpc) is 2.95. The second-order valence-corrected chi connectivity index (χ2v) is 12.3. The van der Waals surface area contributed by atoms with Crippen LogP contribution in [0.5, 0.6) is 0 Å². The number of carboxylic acids is 2. The Morgan fingerprint density at radius 2 is 0.929 bits per heavy atom. The molecule has 246 valence electrons. The fourth-order valence-electron chi connectivity index (χ4n) is 5.38. The summed E-state index contributed by atoms with van der Waals surface area (Å²) in [6.07, 6.45) is 33.2. The molecule has 0 aromatic rings. The summed E-state index contributed by atoms with van der Waals surface area (Å²) in [5.74, 6) is -1.60. The molecule has 0 aliphatic carbocycles. The van der Waals surface area contributed by atoms with Gasteiger partial charge in [0.2, 0.25) is 0 Å². The highest BCUT2D eigenvalue weighted by Crippen LogP contribution is 2.20. The molecule has 0 saturated heterocycles. The maximum Gasteiger partial charge on any atom is 0.306 e. The molecule has 0 rings (SSSR count). The Bertz CT molecular complexity index is 674. The van der Waals surface area contributed by atoms with Gasteiger partial charge in [-0.3, -0.25) is 9.59 Å². The number of rotatable bonds is 32. The van der Waals surface area contributed by atoms with Crippen LogP contribution in [0.15, 0.2) is 24.3 Å². The molecule has 0 aliphatic heterocycles. The molecule has 0 spiro atoms. The Kier molecular flexibility index (Phi) is 29.6. The largest absolute Gasteiger partial charge is 0.481 e. The quantitative estimate of drug-likeness (QED) is 0.0455. The molecule has 6 nitrogen and oxygen atoms in total. The molecule has 6 heteroatoms. The number of hydrogen-bond acceptors (Lipinski definition) is 4. The van der Waals surface area contributed by atoms with Crippen molar-refractivity contribution in [3.8, 4) is 0 Å². The monoisotopic (exact) mass is 594 g/mol. The highest BCUT2D eigenvalue weighted by Gasteiger charge is 2.16. The molecule has 2 unspecified atom stereocenters. The summed E-state index contributed by atoms with van der Waals surface area (Å²) in [5, 5.41) is 38.4. The molecule has 42 heavy (non-hydrogen) atoms. The normalized spacial score (nSPS) is 14.1. The molecular formula is C36H66O6. The zero-order chi connectivity index (χ0) is 31.1. The van der Waals surface area contributed by atoms with Gasteiger partial charge < -0.3 is 20.4 Å². The zero-order valence-corrected chi connectivity index (χ0v) is 27.0. The summed E-state index contributed by atoms with van der Waals surface area (Å²) >= 11 is 0. The van der Waals surface area contributed by atoms with Crippen molar-refractivity contribution in [2.24, 2.45) is 5.92 Å². The molecular weight excluding hydrogens is 528 g/mol. The van der Waals surface area contributed by atoms with Crippen LogP contribution in [0.2, 0.25) is 0 Å². The maximum absolute atomic E-state index is 11.7. The SMILES string of the molecule is CCCCCCC(O)C/C=C\CCCCCCC(CCCCCC[C@@H](O)C/C=C\CCCCCCCC(=O)O)C(=O)O. The topological polar surface area (TPSA) is 115 Å². The predicted molar refractivity (Wildman–Crippen MR) is 175 cm³/mol. The van der Waals surface area contributed by atoms with E-state index in [-0.39, 0.29) is 24.5 Å². The number of aliphatic hydroxyl groups is 2. The van der Waals surface area contributed by atoms with Gasteiger partial charge in [0.05, 0.1) is 18.1 Å². The van der Waals surface area contributed by atoms with Crippen LogP contribution in [0.4, 0.5) is 0 Å². The fraction of sp³-hybridized carbons (Fsp3) is 0.833. The first-order valence-electron chi connectivity index (χ1n) is 17.5. The summed E-state index contributed by atoms with van der Waals surface area (Å²) in [4.78, 5) is 22.1. The van der Waals surface area contributed by atoms with E-state index in [1.165, 1.54) is 19.3 Å². The van der Waals surface area contributed by atoms with Gasteiger partial charge >= 0.3 is 11.9 Å². The van der Waals surface area contributed by atoms with E-state index < -0.39 is 11.9 Å². The first-order chi connectivity index (χ1) is 20.4. The number of allylic oxidation sites excluding steroid dienone is 2. The molecule has 0 heterocycles. The number of aliphatic carboxylic acids is 2. The van der Waals surface area contributed by atoms with Crippen LogP contribution in [0.3, 0.4) is 0 Å². The van der Waals surface area contributed by atoms with E-state index in [1.54, 1.807) is 0 Å². The van der Waals surface area contributed by atoms with Gasteiger partial charge in [0.15, 0.2) is 0 Å². The van der Waals surface area contributed by atoms with Gasteiger partial charge in [-0.2, -0.15) is 0 Å². The van der Waals surface area contributed by atoms with Gasteiger partial charge in [-0.1, -0.05) is 121 Å². The average molecular weight is 595 g/mol. The van der Waals surface area contributed by atoms with Crippen molar-refractivity contribution in [3.63, 3.8) is 0 Å². The van der Waals surface area contributed by atoms with Crippen LogP contribution >= 0.6 is 0 Å². The zero-order valence-electron chi connectivity index (χ0n) is 27.0. The third kappa shape index (κ3) is 29.8. The lowest BCUT2D eigenvalue weighted by Gasteiger charge is -2.12. The van der Waals surface area contributed by atoms with Crippen LogP contribution in [0, 0.1) is 5.92 Å². The molecule has 3 atom stereocenters. The lowest BCUT2D eigenvalue weighted by Crippen LogP contribution is -2.13. The van der Waals surface area contributed by atoms with Gasteiger partial charge in [0.1, 0.15) is 0 Å². The molecule has 0 aromatic carbocycles. The van der Waals surface area contributed by atoms with Crippen molar-refractivity contribution >= 4 is 11.9 Å². The van der Waals surface area contributed by atoms with E-state index in [1.807, 2.05) is 0 Å². The summed E-state index contributed by atoms with van der Waals surface area (Å²) < 4.78 is 0. The highest BCUT2D eigenvalue weighted by molar-refractivity contribution is 5.69. The molecule has 0 fully saturated rings. The van der Waals surface area contributed by atoms with Crippen molar-refractivity contribution < 1.29 is 30.0 Å². The first kappa shape index (κ1) is 40.3. The lowest BCUT2D eigenvalue weighted by atomic mass is 9.94. The molecule has 4 N–H and O–H groups in total. The van der Waals surface area contributed by atoms with E-state index in [0.717, 1.165) is 135 Å². The Morgan fingerprint density at radius 1 is 0.524 bits per heavy atom. The first-order valence-corrected chi connectivity index (χ1v) is 17.5. The minimum atomic E-state index is -0.711. The molecule has 0 saturated carbocycles. The summed E-state index contributed by atoms with van der Waals surface area (Å²) in [6, 6.07) is 0. The highest BCUT2D eigenvalue weighted by atomic mass is 16.4. The van der Waals surface area contributed by atoms with Gasteiger partial charge in [-0.15, -0.1) is 0 Å². The van der Waals surface area contributed by atoms with Crippen molar-refractivity contribution in [1.82, 2.24) is 0 Å². The second kappa shape index (κ2) is 30.8. The number of carbonyl (C=O) groups is 2. The summed E-state index contributed by atoms with van der Waals surface area (Å²) in [6.45, 7) is 2.20. The van der Waals surface area contributed by atoms with Gasteiger partial charge in [0.25, 0.3) is 0 Å². The number of hydrogen-bond donors (Lipinski definition) is 4. The van der Waals surface area contributed by atoms with E-state index in [2.05, 4.69) is 31.2 Å². The number of carboxylic acid groups (broad SMARTS) is 2. The van der Waals surface area contributed by atoms with Gasteiger partial charge in [-0.25, -0.2) is 0 Å². The Labute approximate surface area is 258 Å². The Morgan fingerprint density at radius 3 is 1.38 bits per heavy atom. The maximum atomic E-state index is 11.7. The van der Waals surface area contributed by atoms with E-state index in [4.69, 9.17) is 5.11 Å². The van der Waals surface area contributed by atoms with Crippen LogP contribution in [-0.4, -0.2) is 44.6 Å². The third-order valence-electron chi connectivity index (χ3n) is 8.16. The Balaban J connectivity index is 3.66. The summed E-state index contributed by atoms with van der Waals surface area (Å²) in [5.41, 5.74) is 0. The molecule has 0 aromatic heterocycles. The van der Waals surface area contributed by atoms with Crippen molar-refractivity contribution in [2.45, 2.75) is 186 Å². The van der Waals surface area contributed by atoms with Crippen molar-refractivity contribution in [1.29, 1.82) is 0 Å². The predicted octanol–water partition coefficient (Wildman–Crippen LogP) is 9.77. The van der Waals surface area contributed by atoms with Crippen LogP contribution in [0.25, 0.3) is 0 Å². The molecule has 0 amide bonds. The Hall–Kier alpha value is -1.66. The molecule has 0 radical (unpaired) electrons. The van der Waals surface area contributed by atoms with Crippen molar-refractivity contribution in [3.05, 3.63) is 24.3 Å². The third-order valence-corrected chi connectivity index (χ3v) is 8.16. The number of aliphatic hydroxyl groups excluding tert-OH is 2. The van der Waals surface area contributed by atoms with Gasteiger partial charge in [-0.05, 0) is 70.6 Å². The van der Waals surface area contributed by atoms with Gasteiger partial charge in [0, 0.05) is 6.42 Å². The van der Waals surface area contributed by atoms with Crippen LogP contribution in [0.1, 0.15) is 174 Å². The van der Waals surface area contributed by atoms with Crippen LogP contribution < -0.4 is 0 Å². The van der Waals surface area contributed by atoms with Crippen molar-refractivity contribution in [2.75, 3.05) is 0 Å². The second-order valence-electron chi connectivity index (χ2n) is 12.3. The molecule has 0 bridgehead atoms. The lowest BCUT2D eigenvalue weighted by molar-refractivity contribution is -0.142. The van der Waals surface area contributed by atoms with E-state index in [9.17, 15) is 24.9 Å². The molecule has 0 aliphatic rings. The minimum absolute atomic E-state index is 0.206. The number of unbranched alkanes of at least 4 members (excludes halogenated alkanes) is 15. The van der Waals surface area contributed by atoms with E-state index in [0.29, 0.717) is 6.42 Å². The fourth-order valence-corrected chi connectivity index (χ4v) is 5.38.